The third kappa shape index (κ3) is 4.28. The minimum Gasteiger partial charge on any atom is -0.364 e. The van der Waals surface area contributed by atoms with Gasteiger partial charge in [0.1, 0.15) is 12.1 Å². The van der Waals surface area contributed by atoms with Gasteiger partial charge in [0.05, 0.1) is 23.5 Å². The van der Waals surface area contributed by atoms with Gasteiger partial charge in [0.2, 0.25) is 0 Å². The molecule has 33 heavy (non-hydrogen) atoms. The van der Waals surface area contributed by atoms with Crippen molar-refractivity contribution in [2.75, 3.05) is 18.0 Å². The van der Waals surface area contributed by atoms with Gasteiger partial charge >= 0.3 is 0 Å². The van der Waals surface area contributed by atoms with Crippen molar-refractivity contribution in [2.45, 2.75) is 65.2 Å². The van der Waals surface area contributed by atoms with Crippen LogP contribution in [-0.4, -0.2) is 44.4 Å². The van der Waals surface area contributed by atoms with Crippen molar-refractivity contribution in [3.63, 3.8) is 0 Å². The van der Waals surface area contributed by atoms with E-state index in [9.17, 15) is 4.79 Å². The second-order valence-corrected chi connectivity index (χ2v) is 9.21. The van der Waals surface area contributed by atoms with Crippen LogP contribution in [0.15, 0.2) is 41.3 Å². The summed E-state index contributed by atoms with van der Waals surface area (Å²) in [5, 5.41) is 13.8. The molecule has 4 rings (SSSR count). The van der Waals surface area contributed by atoms with Gasteiger partial charge in [0.15, 0.2) is 0 Å². The molecular formula is C26H34N6O. The zero-order valence-electron chi connectivity index (χ0n) is 20.3. The largest absolute Gasteiger partial charge is 0.364 e. The molecular weight excluding hydrogens is 412 g/mol. The van der Waals surface area contributed by atoms with Crippen molar-refractivity contribution in [3.8, 4) is 6.07 Å². The maximum absolute atomic E-state index is 12.8. The highest BCUT2D eigenvalue weighted by Crippen LogP contribution is 2.34. The Bertz CT molecular complexity index is 1220. The average Bonchev–Trinajstić information content (AvgIpc) is 3.25. The first-order valence-corrected chi connectivity index (χ1v) is 11.9. The monoisotopic (exact) mass is 446 g/mol. The lowest BCUT2D eigenvalue weighted by Gasteiger charge is -2.49. The van der Waals surface area contributed by atoms with Crippen LogP contribution in [0.3, 0.4) is 0 Å². The summed E-state index contributed by atoms with van der Waals surface area (Å²) in [6, 6.07) is 13.7. The van der Waals surface area contributed by atoms with Crippen LogP contribution < -0.4 is 10.5 Å². The molecule has 0 radical (unpaired) electrons. The van der Waals surface area contributed by atoms with Gasteiger partial charge in [0.25, 0.3) is 5.56 Å². The number of anilines is 1. The molecule has 1 aliphatic heterocycles. The summed E-state index contributed by atoms with van der Waals surface area (Å²) in [7, 11) is 1.76. The third-order valence-electron chi connectivity index (χ3n) is 7.22. The van der Waals surface area contributed by atoms with Crippen molar-refractivity contribution >= 4 is 16.7 Å². The van der Waals surface area contributed by atoms with E-state index in [0.29, 0.717) is 12.1 Å². The first-order chi connectivity index (χ1) is 15.9. The lowest BCUT2D eigenvalue weighted by atomic mass is 9.96. The number of benzene rings is 1. The van der Waals surface area contributed by atoms with Gasteiger partial charge in [-0.3, -0.25) is 14.4 Å². The number of hydrogen-bond donors (Lipinski definition) is 0. The van der Waals surface area contributed by atoms with Gasteiger partial charge in [-0.25, -0.2) is 0 Å². The van der Waals surface area contributed by atoms with Crippen molar-refractivity contribution in [1.82, 2.24) is 19.2 Å². The fourth-order valence-corrected chi connectivity index (χ4v) is 5.10. The van der Waals surface area contributed by atoms with E-state index >= 15 is 0 Å². The number of fused-ring (bicyclic) bond motifs is 1. The summed E-state index contributed by atoms with van der Waals surface area (Å²) in [6.07, 6.45) is 3.81. The molecule has 3 atom stereocenters. The fraction of sp³-hybridized carbons (Fsp3) is 0.500. The van der Waals surface area contributed by atoms with Gasteiger partial charge < -0.3 is 9.47 Å². The summed E-state index contributed by atoms with van der Waals surface area (Å²) >= 11 is 0. The number of nitrogens with zero attached hydrogens (tertiary/aromatic N) is 6. The average molecular weight is 447 g/mol. The van der Waals surface area contributed by atoms with Crippen LogP contribution >= 0.6 is 0 Å². The molecule has 1 fully saturated rings. The molecule has 0 bridgehead atoms. The predicted octanol–water partition coefficient (Wildman–Crippen LogP) is 4.01. The zero-order valence-corrected chi connectivity index (χ0v) is 20.3. The molecule has 174 valence electrons. The molecule has 1 saturated heterocycles. The number of aryl methyl sites for hydroxylation is 2. The van der Waals surface area contributed by atoms with E-state index in [1.54, 1.807) is 28.6 Å². The Kier molecular flexibility index (Phi) is 6.57. The Morgan fingerprint density at radius 3 is 2.48 bits per heavy atom. The van der Waals surface area contributed by atoms with Crippen molar-refractivity contribution in [2.24, 2.45) is 7.05 Å². The molecule has 0 spiro atoms. The van der Waals surface area contributed by atoms with Crippen LogP contribution in [0, 0.1) is 18.3 Å². The molecule has 2 aromatic heterocycles. The summed E-state index contributed by atoms with van der Waals surface area (Å²) in [4.78, 5) is 17.8. The summed E-state index contributed by atoms with van der Waals surface area (Å²) in [5.74, 6) is 0. The molecule has 0 amide bonds. The summed E-state index contributed by atoms with van der Waals surface area (Å²) in [5.41, 5.74) is 5.02. The minimum atomic E-state index is -0.0487. The Morgan fingerprint density at radius 2 is 1.85 bits per heavy atom. The first-order valence-electron chi connectivity index (χ1n) is 11.9. The molecule has 0 aliphatic carbocycles. The van der Waals surface area contributed by atoms with E-state index < -0.39 is 0 Å². The molecule has 3 heterocycles. The predicted molar refractivity (Wildman–Crippen MR) is 132 cm³/mol. The molecule has 7 heteroatoms. The van der Waals surface area contributed by atoms with Gasteiger partial charge in [-0.1, -0.05) is 43.7 Å². The second-order valence-electron chi connectivity index (χ2n) is 9.21. The Morgan fingerprint density at radius 1 is 1.15 bits per heavy atom. The van der Waals surface area contributed by atoms with Crippen LogP contribution in [0.5, 0.6) is 0 Å². The van der Waals surface area contributed by atoms with E-state index in [4.69, 9.17) is 5.26 Å². The van der Waals surface area contributed by atoms with Gasteiger partial charge in [0, 0.05) is 44.3 Å². The van der Waals surface area contributed by atoms with E-state index in [0.717, 1.165) is 42.7 Å². The normalized spacial score (nSPS) is 20.2. The number of hydrogen-bond acceptors (Lipinski definition) is 5. The number of rotatable bonds is 6. The van der Waals surface area contributed by atoms with Crippen LogP contribution in [0.25, 0.3) is 11.0 Å². The maximum atomic E-state index is 12.8. The number of aromatic nitrogens is 3. The highest BCUT2D eigenvalue weighted by atomic mass is 16.1. The van der Waals surface area contributed by atoms with Crippen LogP contribution in [0.4, 0.5) is 5.69 Å². The standard InChI is InChI=1S/C26H34N6O/c1-6-21-16-32(22(7-2)15-31(21)19(4)20-10-8-18(3)9-11-20)23-14-25(33)29(5)24-17-30(13-12-27)28-26(23)24/h8-11,14,17,19,21-22H,6-7,13,15-16H2,1-5H3/t19-,21-,22+/m1/s1. The first kappa shape index (κ1) is 23.1. The Labute approximate surface area is 195 Å². The van der Waals surface area contributed by atoms with Gasteiger partial charge in [-0.05, 0) is 32.3 Å². The molecule has 1 aromatic carbocycles. The van der Waals surface area contributed by atoms with Crippen LogP contribution in [0.1, 0.15) is 50.8 Å². The lowest BCUT2D eigenvalue weighted by molar-refractivity contribution is 0.101. The maximum Gasteiger partial charge on any atom is 0.252 e. The van der Waals surface area contributed by atoms with Crippen molar-refractivity contribution < 1.29 is 0 Å². The van der Waals surface area contributed by atoms with Crippen molar-refractivity contribution in [3.05, 3.63) is 58.0 Å². The van der Waals surface area contributed by atoms with Crippen molar-refractivity contribution in [1.29, 1.82) is 5.26 Å². The third-order valence-corrected chi connectivity index (χ3v) is 7.22. The van der Waals surface area contributed by atoms with Crippen LogP contribution in [-0.2, 0) is 13.6 Å². The zero-order chi connectivity index (χ0) is 23.7. The SMILES string of the molecule is CC[C@H]1CN([C@H](C)c2ccc(C)cc2)[C@H](CC)CN1c1cc(=O)n(C)c2cn(CC#N)nc12. The van der Waals surface area contributed by atoms with E-state index in [1.165, 1.54) is 11.1 Å². The number of piperazine rings is 1. The topological polar surface area (TPSA) is 70.1 Å². The molecule has 1 aliphatic rings. The Hall–Kier alpha value is -3.11. The fourth-order valence-electron chi connectivity index (χ4n) is 5.10. The quantitative estimate of drug-likeness (QED) is 0.572. The Balaban J connectivity index is 1.72. The summed E-state index contributed by atoms with van der Waals surface area (Å²) in [6.45, 7) is 10.8. The molecule has 0 unspecified atom stereocenters. The van der Waals surface area contributed by atoms with Gasteiger partial charge in [-0.15, -0.1) is 0 Å². The van der Waals surface area contributed by atoms with E-state index in [1.807, 2.05) is 0 Å². The van der Waals surface area contributed by atoms with E-state index in [2.05, 4.69) is 72.9 Å². The van der Waals surface area contributed by atoms with Gasteiger partial charge in [-0.2, -0.15) is 10.4 Å². The molecule has 7 nitrogen and oxygen atoms in total. The smallest absolute Gasteiger partial charge is 0.252 e. The van der Waals surface area contributed by atoms with E-state index in [-0.39, 0.29) is 18.1 Å². The molecule has 0 saturated carbocycles. The highest BCUT2D eigenvalue weighted by molar-refractivity contribution is 5.88. The highest BCUT2D eigenvalue weighted by Gasteiger charge is 2.36. The summed E-state index contributed by atoms with van der Waals surface area (Å²) < 4.78 is 3.25. The minimum absolute atomic E-state index is 0.0487. The molecule has 0 N–H and O–H groups in total. The van der Waals surface area contributed by atoms with Crippen LogP contribution in [0.2, 0.25) is 0 Å². The molecule has 3 aromatic rings. The number of nitriles is 1. The lowest BCUT2D eigenvalue weighted by Crippen LogP contribution is -2.58. The number of pyridine rings is 1. The second kappa shape index (κ2) is 9.40.